The van der Waals surface area contributed by atoms with Crippen molar-refractivity contribution in [2.24, 2.45) is 5.92 Å². The van der Waals surface area contributed by atoms with Crippen molar-refractivity contribution in [2.45, 2.75) is 40.0 Å². The lowest BCUT2D eigenvalue weighted by Crippen LogP contribution is -2.47. The number of thiocarbonyl (C=S) groups is 1. The Labute approximate surface area is 144 Å². The van der Waals surface area contributed by atoms with Crippen LogP contribution >= 0.6 is 12.2 Å². The van der Waals surface area contributed by atoms with Crippen molar-refractivity contribution in [1.82, 2.24) is 16.2 Å². The standard InChI is InChI=1S/C17H27N3O2S/c1-13(2)10-11-18-17(23)20-19-16(21)5-4-12-22-15-8-6-14(3)7-9-15/h6-9,13H,4-5,10-12H2,1-3H3,(H,19,21)(H2,18,20,23). The van der Waals surface area contributed by atoms with E-state index in [1.807, 2.05) is 31.2 Å². The summed E-state index contributed by atoms with van der Waals surface area (Å²) < 4.78 is 5.57. The summed E-state index contributed by atoms with van der Waals surface area (Å²) in [5, 5.41) is 3.48. The molecule has 1 aromatic rings. The van der Waals surface area contributed by atoms with E-state index in [9.17, 15) is 4.79 Å². The van der Waals surface area contributed by atoms with Crippen LogP contribution in [0.4, 0.5) is 0 Å². The molecule has 0 saturated carbocycles. The van der Waals surface area contributed by atoms with Crippen molar-refractivity contribution in [3.8, 4) is 5.75 Å². The second-order valence-electron chi connectivity index (χ2n) is 5.88. The molecule has 3 N–H and O–H groups in total. The summed E-state index contributed by atoms with van der Waals surface area (Å²) >= 11 is 5.07. The van der Waals surface area contributed by atoms with Gasteiger partial charge in [0.15, 0.2) is 5.11 Å². The molecule has 0 atom stereocenters. The van der Waals surface area contributed by atoms with Crippen LogP contribution in [0.1, 0.15) is 38.7 Å². The zero-order valence-corrected chi connectivity index (χ0v) is 15.0. The fourth-order valence-electron chi connectivity index (χ4n) is 1.76. The maximum atomic E-state index is 11.7. The molecular formula is C17H27N3O2S. The summed E-state index contributed by atoms with van der Waals surface area (Å²) in [7, 11) is 0. The first-order valence-electron chi connectivity index (χ1n) is 7.99. The molecule has 0 heterocycles. The minimum Gasteiger partial charge on any atom is -0.494 e. The fraction of sp³-hybridized carbons (Fsp3) is 0.529. The third-order valence-corrected chi connectivity index (χ3v) is 3.41. The quantitative estimate of drug-likeness (QED) is 0.387. The van der Waals surface area contributed by atoms with E-state index in [0.29, 0.717) is 30.5 Å². The van der Waals surface area contributed by atoms with Crippen molar-refractivity contribution >= 4 is 23.2 Å². The van der Waals surface area contributed by atoms with E-state index in [-0.39, 0.29) is 5.91 Å². The molecule has 0 aliphatic carbocycles. The summed E-state index contributed by atoms with van der Waals surface area (Å²) in [5.74, 6) is 1.34. The van der Waals surface area contributed by atoms with Gasteiger partial charge >= 0.3 is 0 Å². The van der Waals surface area contributed by atoms with Crippen LogP contribution in [-0.4, -0.2) is 24.2 Å². The zero-order chi connectivity index (χ0) is 17.1. The van der Waals surface area contributed by atoms with Crippen molar-refractivity contribution in [3.63, 3.8) is 0 Å². The molecule has 0 radical (unpaired) electrons. The summed E-state index contributed by atoms with van der Waals surface area (Å²) in [6.45, 7) is 7.64. The smallest absolute Gasteiger partial charge is 0.238 e. The minimum absolute atomic E-state index is 0.106. The van der Waals surface area contributed by atoms with Crippen LogP contribution < -0.4 is 20.9 Å². The number of rotatable bonds is 8. The van der Waals surface area contributed by atoms with Gasteiger partial charge in [-0.15, -0.1) is 0 Å². The van der Waals surface area contributed by atoms with Crippen molar-refractivity contribution in [2.75, 3.05) is 13.2 Å². The Hall–Kier alpha value is -1.82. The van der Waals surface area contributed by atoms with Gasteiger partial charge in [0, 0.05) is 13.0 Å². The van der Waals surface area contributed by atoms with Gasteiger partial charge in [0.1, 0.15) is 5.75 Å². The van der Waals surface area contributed by atoms with Crippen LogP contribution in [0.2, 0.25) is 0 Å². The lowest BCUT2D eigenvalue weighted by molar-refractivity contribution is -0.121. The van der Waals surface area contributed by atoms with Crippen molar-refractivity contribution < 1.29 is 9.53 Å². The highest BCUT2D eigenvalue weighted by Crippen LogP contribution is 2.11. The number of nitrogens with one attached hydrogen (secondary N) is 3. The van der Waals surface area contributed by atoms with E-state index in [4.69, 9.17) is 17.0 Å². The largest absolute Gasteiger partial charge is 0.494 e. The number of ether oxygens (including phenoxy) is 1. The molecule has 0 bridgehead atoms. The first-order chi connectivity index (χ1) is 11.0. The monoisotopic (exact) mass is 337 g/mol. The molecule has 0 aliphatic heterocycles. The SMILES string of the molecule is Cc1ccc(OCCCC(=O)NNC(=S)NCCC(C)C)cc1. The average molecular weight is 337 g/mol. The third-order valence-electron chi connectivity index (χ3n) is 3.16. The predicted molar refractivity (Wildman–Crippen MR) is 97.2 cm³/mol. The number of hydrogen-bond donors (Lipinski definition) is 3. The van der Waals surface area contributed by atoms with E-state index >= 15 is 0 Å². The van der Waals surface area contributed by atoms with Crippen LogP contribution in [0.3, 0.4) is 0 Å². The molecule has 0 fully saturated rings. The van der Waals surface area contributed by atoms with Gasteiger partial charge in [-0.2, -0.15) is 0 Å². The van der Waals surface area contributed by atoms with Crippen LogP contribution in [0.15, 0.2) is 24.3 Å². The molecule has 128 valence electrons. The zero-order valence-electron chi connectivity index (χ0n) is 14.1. The predicted octanol–water partition coefficient (Wildman–Crippen LogP) is 2.70. The van der Waals surface area contributed by atoms with Crippen LogP contribution in [0.25, 0.3) is 0 Å². The number of hydrazine groups is 1. The maximum Gasteiger partial charge on any atom is 0.238 e. The van der Waals surface area contributed by atoms with Crippen LogP contribution in [-0.2, 0) is 4.79 Å². The molecule has 0 aliphatic rings. The Morgan fingerprint density at radius 1 is 1.22 bits per heavy atom. The molecule has 1 amide bonds. The Morgan fingerprint density at radius 3 is 2.57 bits per heavy atom. The van der Waals surface area contributed by atoms with Gasteiger partial charge < -0.3 is 10.1 Å². The van der Waals surface area contributed by atoms with E-state index < -0.39 is 0 Å². The average Bonchev–Trinajstić information content (AvgIpc) is 2.51. The third kappa shape index (κ3) is 9.73. The highest BCUT2D eigenvalue weighted by atomic mass is 32.1. The second-order valence-corrected chi connectivity index (χ2v) is 6.28. The molecule has 1 aromatic carbocycles. The number of carbonyl (C=O) groups is 1. The molecule has 0 spiro atoms. The van der Waals surface area contributed by atoms with E-state index in [1.165, 1.54) is 5.56 Å². The number of hydrogen-bond acceptors (Lipinski definition) is 3. The lowest BCUT2D eigenvalue weighted by Gasteiger charge is -2.12. The highest BCUT2D eigenvalue weighted by molar-refractivity contribution is 7.80. The van der Waals surface area contributed by atoms with Gasteiger partial charge in [-0.05, 0) is 50.0 Å². The summed E-state index contributed by atoms with van der Waals surface area (Å²) in [4.78, 5) is 11.7. The van der Waals surface area contributed by atoms with Crippen LogP contribution in [0.5, 0.6) is 5.75 Å². The van der Waals surface area contributed by atoms with E-state index in [2.05, 4.69) is 30.0 Å². The molecule has 23 heavy (non-hydrogen) atoms. The Kier molecular flexibility index (Phi) is 9.05. The summed E-state index contributed by atoms with van der Waals surface area (Å²) in [6, 6.07) is 7.86. The number of amides is 1. The van der Waals surface area contributed by atoms with Gasteiger partial charge in [-0.1, -0.05) is 31.5 Å². The normalized spacial score (nSPS) is 10.3. The molecule has 0 unspecified atom stereocenters. The minimum atomic E-state index is -0.106. The molecule has 5 nitrogen and oxygen atoms in total. The number of aryl methyl sites for hydroxylation is 1. The van der Waals surface area contributed by atoms with Gasteiger partial charge in [-0.25, -0.2) is 0 Å². The van der Waals surface area contributed by atoms with E-state index in [1.54, 1.807) is 0 Å². The number of carbonyl (C=O) groups excluding carboxylic acids is 1. The summed E-state index contributed by atoms with van der Waals surface area (Å²) in [5.41, 5.74) is 6.47. The first-order valence-corrected chi connectivity index (χ1v) is 8.40. The Morgan fingerprint density at radius 2 is 1.91 bits per heavy atom. The molecule has 0 saturated heterocycles. The first kappa shape index (κ1) is 19.2. The van der Waals surface area contributed by atoms with Crippen LogP contribution in [0, 0.1) is 12.8 Å². The van der Waals surface area contributed by atoms with Crippen molar-refractivity contribution in [3.05, 3.63) is 29.8 Å². The Balaban J connectivity index is 2.05. The maximum absolute atomic E-state index is 11.7. The fourth-order valence-corrected chi connectivity index (χ4v) is 1.92. The Bertz CT molecular complexity index is 489. The van der Waals surface area contributed by atoms with Gasteiger partial charge in [-0.3, -0.25) is 15.6 Å². The summed E-state index contributed by atoms with van der Waals surface area (Å²) in [6.07, 6.45) is 2.06. The molecule has 1 rings (SSSR count). The lowest BCUT2D eigenvalue weighted by atomic mass is 10.1. The van der Waals surface area contributed by atoms with Crippen molar-refractivity contribution in [1.29, 1.82) is 0 Å². The molecule has 6 heteroatoms. The second kappa shape index (κ2) is 10.8. The number of benzene rings is 1. The molecule has 0 aromatic heterocycles. The van der Waals surface area contributed by atoms with Gasteiger partial charge in [0.25, 0.3) is 0 Å². The topological polar surface area (TPSA) is 62.4 Å². The molecular weight excluding hydrogens is 310 g/mol. The van der Waals surface area contributed by atoms with E-state index in [0.717, 1.165) is 18.7 Å². The highest BCUT2D eigenvalue weighted by Gasteiger charge is 2.03. The van der Waals surface area contributed by atoms with Gasteiger partial charge in [0.2, 0.25) is 5.91 Å². The van der Waals surface area contributed by atoms with Gasteiger partial charge in [0.05, 0.1) is 6.61 Å².